The SMILES string of the molecule is CSCCN(C)c1ncc(C(=O)O)cc1[N+](=O)[O-]. The first-order chi connectivity index (χ1) is 8.47. The van der Waals surface area contributed by atoms with Gasteiger partial charge in [-0.05, 0) is 6.26 Å². The number of hydrogen-bond donors (Lipinski definition) is 1. The normalized spacial score (nSPS) is 10.1. The number of carboxylic acid groups (broad SMARTS) is 1. The van der Waals surface area contributed by atoms with Crippen LogP contribution in [0.3, 0.4) is 0 Å². The summed E-state index contributed by atoms with van der Waals surface area (Å²) in [4.78, 5) is 26.6. The van der Waals surface area contributed by atoms with Gasteiger partial charge in [-0.25, -0.2) is 9.78 Å². The molecule has 0 radical (unpaired) electrons. The first-order valence-electron chi connectivity index (χ1n) is 5.05. The quantitative estimate of drug-likeness (QED) is 0.618. The molecule has 0 aromatic carbocycles. The van der Waals surface area contributed by atoms with Crippen LogP contribution in [0, 0.1) is 10.1 Å². The Balaban J connectivity index is 3.11. The number of aromatic nitrogens is 1. The summed E-state index contributed by atoms with van der Waals surface area (Å²) in [5.74, 6) is -0.251. The lowest BCUT2D eigenvalue weighted by Gasteiger charge is -2.17. The van der Waals surface area contributed by atoms with Gasteiger partial charge < -0.3 is 10.0 Å². The van der Waals surface area contributed by atoms with E-state index < -0.39 is 10.9 Å². The van der Waals surface area contributed by atoms with Crippen LogP contribution in [0.5, 0.6) is 0 Å². The van der Waals surface area contributed by atoms with Gasteiger partial charge in [0, 0.05) is 31.6 Å². The van der Waals surface area contributed by atoms with E-state index in [1.54, 1.807) is 23.7 Å². The van der Waals surface area contributed by atoms with E-state index in [1.165, 1.54) is 0 Å². The van der Waals surface area contributed by atoms with Crippen molar-refractivity contribution >= 4 is 29.2 Å². The minimum absolute atomic E-state index is 0.180. The molecule has 18 heavy (non-hydrogen) atoms. The largest absolute Gasteiger partial charge is 0.478 e. The zero-order valence-electron chi connectivity index (χ0n) is 9.99. The van der Waals surface area contributed by atoms with Crippen molar-refractivity contribution < 1.29 is 14.8 Å². The Kier molecular flexibility index (Phi) is 4.90. The Hall–Kier alpha value is -1.83. The Morgan fingerprint density at radius 2 is 2.33 bits per heavy atom. The number of thioether (sulfide) groups is 1. The van der Waals surface area contributed by atoms with Gasteiger partial charge in [0.05, 0.1) is 10.5 Å². The number of anilines is 1. The standard InChI is InChI=1S/C10H13N3O4S/c1-12(3-4-18-2)9-8(13(16)17)5-7(6-11-9)10(14)15/h5-6H,3-4H2,1-2H3,(H,14,15). The van der Waals surface area contributed by atoms with E-state index in [4.69, 9.17) is 5.11 Å². The van der Waals surface area contributed by atoms with Crippen molar-refractivity contribution in [1.82, 2.24) is 4.98 Å². The Morgan fingerprint density at radius 1 is 1.67 bits per heavy atom. The minimum Gasteiger partial charge on any atom is -0.478 e. The molecule has 0 spiro atoms. The maximum atomic E-state index is 10.9. The van der Waals surface area contributed by atoms with Crippen molar-refractivity contribution in [2.75, 3.05) is 30.5 Å². The summed E-state index contributed by atoms with van der Waals surface area (Å²) < 4.78 is 0. The molecule has 7 nitrogen and oxygen atoms in total. The highest BCUT2D eigenvalue weighted by Crippen LogP contribution is 2.25. The van der Waals surface area contributed by atoms with Crippen molar-refractivity contribution in [3.8, 4) is 0 Å². The number of aromatic carboxylic acids is 1. The molecule has 0 fully saturated rings. The molecule has 0 saturated heterocycles. The number of pyridine rings is 1. The molecule has 1 aromatic heterocycles. The summed E-state index contributed by atoms with van der Waals surface area (Å²) in [7, 11) is 1.69. The van der Waals surface area contributed by atoms with Crippen molar-refractivity contribution in [1.29, 1.82) is 0 Å². The van der Waals surface area contributed by atoms with E-state index in [-0.39, 0.29) is 17.1 Å². The Labute approximate surface area is 108 Å². The minimum atomic E-state index is -1.23. The molecule has 0 unspecified atom stereocenters. The second-order valence-corrected chi connectivity index (χ2v) is 4.53. The van der Waals surface area contributed by atoms with Crippen LogP contribution in [0.15, 0.2) is 12.3 Å². The number of nitrogens with zero attached hydrogens (tertiary/aromatic N) is 3. The van der Waals surface area contributed by atoms with Crippen molar-refractivity contribution in [2.45, 2.75) is 0 Å². The summed E-state index contributed by atoms with van der Waals surface area (Å²) >= 11 is 1.61. The average Bonchev–Trinajstić information content (AvgIpc) is 2.34. The lowest BCUT2D eigenvalue weighted by molar-refractivity contribution is -0.384. The monoisotopic (exact) mass is 271 g/mol. The van der Waals surface area contributed by atoms with E-state index in [0.29, 0.717) is 6.54 Å². The van der Waals surface area contributed by atoms with Gasteiger partial charge in [0.25, 0.3) is 0 Å². The van der Waals surface area contributed by atoms with Gasteiger partial charge in [-0.1, -0.05) is 0 Å². The van der Waals surface area contributed by atoms with Crippen LogP contribution in [0.25, 0.3) is 0 Å². The third-order valence-electron chi connectivity index (χ3n) is 2.28. The fourth-order valence-electron chi connectivity index (χ4n) is 1.33. The van der Waals surface area contributed by atoms with Crippen molar-refractivity contribution in [2.24, 2.45) is 0 Å². The van der Waals surface area contributed by atoms with Gasteiger partial charge in [-0.15, -0.1) is 0 Å². The highest BCUT2D eigenvalue weighted by atomic mass is 32.2. The Bertz CT molecular complexity index is 466. The molecule has 0 saturated carbocycles. The number of hydrogen-bond acceptors (Lipinski definition) is 6. The Morgan fingerprint density at radius 3 is 2.83 bits per heavy atom. The summed E-state index contributed by atoms with van der Waals surface area (Å²) in [5, 5.41) is 19.7. The zero-order valence-corrected chi connectivity index (χ0v) is 10.8. The molecule has 1 N–H and O–H groups in total. The number of rotatable bonds is 6. The molecule has 98 valence electrons. The molecule has 0 bridgehead atoms. The molecule has 0 aliphatic rings. The van der Waals surface area contributed by atoms with Gasteiger partial charge in [-0.2, -0.15) is 11.8 Å². The zero-order chi connectivity index (χ0) is 13.7. The molecule has 1 heterocycles. The van der Waals surface area contributed by atoms with E-state index in [9.17, 15) is 14.9 Å². The van der Waals surface area contributed by atoms with E-state index >= 15 is 0 Å². The summed E-state index contributed by atoms with van der Waals surface area (Å²) in [6.45, 7) is 0.599. The molecular weight excluding hydrogens is 258 g/mol. The lowest BCUT2D eigenvalue weighted by atomic mass is 10.2. The molecule has 8 heteroatoms. The maximum absolute atomic E-state index is 10.9. The van der Waals surface area contributed by atoms with Crippen molar-refractivity contribution in [3.63, 3.8) is 0 Å². The molecule has 0 amide bonds. The summed E-state index contributed by atoms with van der Waals surface area (Å²) in [6.07, 6.45) is 3.06. The van der Waals surface area contributed by atoms with Gasteiger partial charge in [-0.3, -0.25) is 10.1 Å². The van der Waals surface area contributed by atoms with E-state index in [2.05, 4.69) is 4.98 Å². The predicted octanol–water partition coefficient (Wildman–Crippen LogP) is 1.49. The lowest BCUT2D eigenvalue weighted by Crippen LogP contribution is -2.22. The van der Waals surface area contributed by atoms with Crippen molar-refractivity contribution in [3.05, 3.63) is 27.9 Å². The maximum Gasteiger partial charge on any atom is 0.337 e. The first-order valence-corrected chi connectivity index (χ1v) is 6.44. The fourth-order valence-corrected chi connectivity index (χ4v) is 1.78. The first kappa shape index (κ1) is 14.2. The number of nitro groups is 1. The average molecular weight is 271 g/mol. The molecular formula is C10H13N3O4S. The van der Waals surface area contributed by atoms with Crippen LogP contribution in [-0.2, 0) is 0 Å². The third-order valence-corrected chi connectivity index (χ3v) is 2.87. The smallest absolute Gasteiger partial charge is 0.337 e. The predicted molar refractivity (Wildman–Crippen MR) is 69.5 cm³/mol. The summed E-state index contributed by atoms with van der Waals surface area (Å²) in [6, 6.07) is 1.03. The molecule has 0 aliphatic heterocycles. The van der Waals surface area contributed by atoms with E-state index in [0.717, 1.165) is 18.0 Å². The number of carboxylic acids is 1. The van der Waals surface area contributed by atoms with Gasteiger partial charge in [0.1, 0.15) is 0 Å². The van der Waals surface area contributed by atoms with Crippen LogP contribution in [0.4, 0.5) is 11.5 Å². The highest BCUT2D eigenvalue weighted by Gasteiger charge is 2.21. The number of carbonyl (C=O) groups is 1. The third kappa shape index (κ3) is 3.33. The fraction of sp³-hybridized carbons (Fsp3) is 0.400. The van der Waals surface area contributed by atoms with Gasteiger partial charge in [0.15, 0.2) is 0 Å². The van der Waals surface area contributed by atoms with Crippen LogP contribution in [0.1, 0.15) is 10.4 Å². The second kappa shape index (κ2) is 6.20. The van der Waals surface area contributed by atoms with Crippen LogP contribution in [0.2, 0.25) is 0 Å². The molecule has 1 aromatic rings. The van der Waals surface area contributed by atoms with Crippen LogP contribution < -0.4 is 4.90 Å². The highest BCUT2D eigenvalue weighted by molar-refractivity contribution is 7.98. The summed E-state index contributed by atoms with van der Waals surface area (Å²) in [5.41, 5.74) is -0.484. The van der Waals surface area contributed by atoms with Crippen LogP contribution >= 0.6 is 11.8 Å². The molecule has 0 aliphatic carbocycles. The van der Waals surface area contributed by atoms with Gasteiger partial charge >= 0.3 is 11.7 Å². The second-order valence-electron chi connectivity index (χ2n) is 3.54. The molecule has 0 atom stereocenters. The van der Waals surface area contributed by atoms with Gasteiger partial charge in [0.2, 0.25) is 5.82 Å². The van der Waals surface area contributed by atoms with Crippen LogP contribution in [-0.4, -0.2) is 46.6 Å². The topological polar surface area (TPSA) is 96.6 Å². The van der Waals surface area contributed by atoms with E-state index in [1.807, 2.05) is 6.26 Å². The molecule has 1 rings (SSSR count).